The highest BCUT2D eigenvalue weighted by Crippen LogP contribution is 2.29. The van der Waals surface area contributed by atoms with E-state index in [2.05, 4.69) is 26.2 Å². The summed E-state index contributed by atoms with van der Waals surface area (Å²) in [4.78, 5) is 29.9. The van der Waals surface area contributed by atoms with Gasteiger partial charge in [-0.2, -0.15) is 0 Å². The number of benzene rings is 1. The van der Waals surface area contributed by atoms with Gasteiger partial charge < -0.3 is 10.2 Å². The first-order valence-corrected chi connectivity index (χ1v) is 8.76. The molecule has 1 aromatic carbocycles. The Morgan fingerprint density at radius 1 is 1.36 bits per heavy atom. The minimum Gasteiger partial charge on any atom is -0.343 e. The molecule has 22 heavy (non-hydrogen) atoms. The topological polar surface area (TPSA) is 62.3 Å². The van der Waals surface area contributed by atoms with Gasteiger partial charge in [-0.15, -0.1) is 0 Å². The van der Waals surface area contributed by atoms with Crippen LogP contribution in [0.5, 0.6) is 0 Å². The van der Waals surface area contributed by atoms with Crippen molar-refractivity contribution < 1.29 is 9.59 Å². The van der Waals surface area contributed by atoms with Crippen LogP contribution in [-0.4, -0.2) is 34.8 Å². The number of halogens is 1. The van der Waals surface area contributed by atoms with Crippen LogP contribution in [0.3, 0.4) is 0 Å². The number of anilines is 1. The van der Waals surface area contributed by atoms with Crippen molar-refractivity contribution >= 4 is 54.4 Å². The quantitative estimate of drug-likeness (QED) is 0.867. The van der Waals surface area contributed by atoms with Gasteiger partial charge >= 0.3 is 0 Å². The maximum Gasteiger partial charge on any atom is 0.229 e. The highest BCUT2D eigenvalue weighted by atomic mass is 79.9. The maximum absolute atomic E-state index is 12.3. The van der Waals surface area contributed by atoms with Gasteiger partial charge in [0.1, 0.15) is 0 Å². The minimum absolute atomic E-state index is 0.00123. The van der Waals surface area contributed by atoms with Crippen LogP contribution < -0.4 is 5.32 Å². The number of rotatable bonds is 2. The Morgan fingerprint density at radius 3 is 2.77 bits per heavy atom. The molecule has 0 aliphatic carbocycles. The normalized spacial score (nSPS) is 16.0. The van der Waals surface area contributed by atoms with Gasteiger partial charge in [-0.3, -0.25) is 9.59 Å². The summed E-state index contributed by atoms with van der Waals surface area (Å²) in [5, 5.41) is 3.55. The van der Waals surface area contributed by atoms with Gasteiger partial charge in [-0.1, -0.05) is 27.3 Å². The fourth-order valence-corrected chi connectivity index (χ4v) is 4.04. The molecule has 1 aliphatic heterocycles. The number of amides is 2. The molecule has 1 aromatic heterocycles. The standard InChI is InChI=1S/C15H16BrN3O2S/c1-9(20)19-6-4-10(5-7-19)14(21)18-15-17-12-3-2-11(16)8-13(12)22-15/h2-3,8,10H,4-7H2,1H3,(H,17,18,21). The predicted octanol–water partition coefficient (Wildman–Crippen LogP) is 3.26. The van der Waals surface area contributed by atoms with E-state index in [0.717, 1.165) is 14.7 Å². The molecule has 0 unspecified atom stereocenters. The van der Waals surface area contributed by atoms with Gasteiger partial charge in [0.25, 0.3) is 0 Å². The molecule has 1 aliphatic rings. The van der Waals surface area contributed by atoms with Crippen molar-refractivity contribution in [2.45, 2.75) is 19.8 Å². The van der Waals surface area contributed by atoms with E-state index in [1.165, 1.54) is 11.3 Å². The Bertz CT molecular complexity index is 723. The smallest absolute Gasteiger partial charge is 0.229 e. The lowest BCUT2D eigenvalue weighted by Crippen LogP contribution is -2.40. The molecular formula is C15H16BrN3O2S. The van der Waals surface area contributed by atoms with Crippen LogP contribution in [0.1, 0.15) is 19.8 Å². The molecule has 1 fully saturated rings. The van der Waals surface area contributed by atoms with Crippen LogP contribution in [0.2, 0.25) is 0 Å². The Kier molecular flexibility index (Phi) is 4.44. The highest BCUT2D eigenvalue weighted by Gasteiger charge is 2.26. The monoisotopic (exact) mass is 381 g/mol. The Balaban J connectivity index is 1.65. The molecule has 116 valence electrons. The highest BCUT2D eigenvalue weighted by molar-refractivity contribution is 9.10. The average molecular weight is 382 g/mol. The van der Waals surface area contributed by atoms with E-state index in [-0.39, 0.29) is 17.7 Å². The second kappa shape index (κ2) is 6.34. The Hall–Kier alpha value is -1.47. The largest absolute Gasteiger partial charge is 0.343 e. The van der Waals surface area contributed by atoms with Crippen molar-refractivity contribution in [3.8, 4) is 0 Å². The predicted molar refractivity (Wildman–Crippen MR) is 90.9 cm³/mol. The third-order valence-corrected chi connectivity index (χ3v) is 5.32. The first-order valence-electron chi connectivity index (χ1n) is 7.15. The van der Waals surface area contributed by atoms with E-state index in [9.17, 15) is 9.59 Å². The van der Waals surface area contributed by atoms with Gasteiger partial charge in [0.2, 0.25) is 11.8 Å². The number of nitrogens with zero attached hydrogens (tertiary/aromatic N) is 2. The molecule has 0 spiro atoms. The van der Waals surface area contributed by atoms with E-state index in [4.69, 9.17) is 0 Å². The van der Waals surface area contributed by atoms with Crippen LogP contribution in [0.15, 0.2) is 22.7 Å². The second-order valence-corrected chi connectivity index (χ2v) is 7.35. The van der Waals surface area contributed by atoms with Crippen molar-refractivity contribution in [2.75, 3.05) is 18.4 Å². The molecule has 0 radical (unpaired) electrons. The van der Waals surface area contributed by atoms with Gasteiger partial charge in [0.15, 0.2) is 5.13 Å². The number of nitrogens with one attached hydrogen (secondary N) is 1. The van der Waals surface area contributed by atoms with Crippen LogP contribution >= 0.6 is 27.3 Å². The second-order valence-electron chi connectivity index (χ2n) is 5.40. The SMILES string of the molecule is CC(=O)N1CCC(C(=O)Nc2nc3ccc(Br)cc3s2)CC1. The fraction of sp³-hybridized carbons (Fsp3) is 0.400. The summed E-state index contributed by atoms with van der Waals surface area (Å²) >= 11 is 4.90. The van der Waals surface area contributed by atoms with E-state index in [0.29, 0.717) is 31.1 Å². The zero-order chi connectivity index (χ0) is 15.7. The van der Waals surface area contributed by atoms with Crippen molar-refractivity contribution in [3.05, 3.63) is 22.7 Å². The third-order valence-electron chi connectivity index (χ3n) is 3.89. The van der Waals surface area contributed by atoms with E-state index >= 15 is 0 Å². The molecule has 1 N–H and O–H groups in total. The van der Waals surface area contributed by atoms with Gasteiger partial charge in [-0.05, 0) is 31.0 Å². The molecule has 2 aromatic rings. The summed E-state index contributed by atoms with van der Waals surface area (Å²) < 4.78 is 2.04. The zero-order valence-electron chi connectivity index (χ0n) is 12.1. The van der Waals surface area contributed by atoms with Crippen molar-refractivity contribution in [1.82, 2.24) is 9.88 Å². The fourth-order valence-electron chi connectivity index (χ4n) is 2.62. The van der Waals surface area contributed by atoms with E-state index in [1.807, 2.05) is 18.2 Å². The number of fused-ring (bicyclic) bond motifs is 1. The van der Waals surface area contributed by atoms with Crippen molar-refractivity contribution in [2.24, 2.45) is 5.92 Å². The van der Waals surface area contributed by atoms with Gasteiger partial charge in [-0.25, -0.2) is 4.98 Å². The van der Waals surface area contributed by atoms with Crippen LogP contribution in [0.25, 0.3) is 10.2 Å². The van der Waals surface area contributed by atoms with Crippen molar-refractivity contribution in [3.63, 3.8) is 0 Å². The molecule has 7 heteroatoms. The van der Waals surface area contributed by atoms with Crippen LogP contribution in [-0.2, 0) is 9.59 Å². The first kappa shape index (κ1) is 15.4. The van der Waals surface area contributed by atoms with Crippen molar-refractivity contribution in [1.29, 1.82) is 0 Å². The van der Waals surface area contributed by atoms with Gasteiger partial charge in [0.05, 0.1) is 10.2 Å². The number of thiazole rings is 1. The summed E-state index contributed by atoms with van der Waals surface area (Å²) in [6.45, 7) is 2.88. The third kappa shape index (κ3) is 3.30. The van der Waals surface area contributed by atoms with Crippen LogP contribution in [0, 0.1) is 5.92 Å². The summed E-state index contributed by atoms with van der Waals surface area (Å²) in [6, 6.07) is 5.86. The number of hydrogen-bond donors (Lipinski definition) is 1. The molecule has 5 nitrogen and oxygen atoms in total. The molecule has 2 heterocycles. The lowest BCUT2D eigenvalue weighted by atomic mass is 9.96. The number of piperidine rings is 1. The number of likely N-dealkylation sites (tertiary alicyclic amines) is 1. The minimum atomic E-state index is -0.0469. The number of aromatic nitrogens is 1. The molecule has 3 rings (SSSR count). The zero-order valence-corrected chi connectivity index (χ0v) is 14.5. The molecule has 1 saturated heterocycles. The maximum atomic E-state index is 12.3. The van der Waals surface area contributed by atoms with E-state index in [1.54, 1.807) is 11.8 Å². The summed E-state index contributed by atoms with van der Waals surface area (Å²) in [5.74, 6) is 0.0336. The lowest BCUT2D eigenvalue weighted by Gasteiger charge is -2.30. The molecule has 0 saturated carbocycles. The Labute approximate surface area is 140 Å². The molecular weight excluding hydrogens is 366 g/mol. The van der Waals surface area contributed by atoms with Crippen LogP contribution in [0.4, 0.5) is 5.13 Å². The molecule has 0 atom stereocenters. The first-order chi connectivity index (χ1) is 10.5. The Morgan fingerprint density at radius 2 is 2.09 bits per heavy atom. The summed E-state index contributed by atoms with van der Waals surface area (Å²) in [5.41, 5.74) is 0.884. The lowest BCUT2D eigenvalue weighted by molar-refractivity contribution is -0.132. The summed E-state index contributed by atoms with van der Waals surface area (Å²) in [7, 11) is 0. The number of carbonyl (C=O) groups is 2. The molecule has 2 amide bonds. The van der Waals surface area contributed by atoms with Gasteiger partial charge in [0, 0.05) is 30.4 Å². The summed E-state index contributed by atoms with van der Waals surface area (Å²) in [6.07, 6.45) is 1.42. The number of carbonyl (C=O) groups excluding carboxylic acids is 2. The average Bonchev–Trinajstić information content (AvgIpc) is 2.88. The van der Waals surface area contributed by atoms with E-state index < -0.39 is 0 Å². The number of hydrogen-bond acceptors (Lipinski definition) is 4. The molecule has 0 bridgehead atoms.